The Morgan fingerprint density at radius 2 is 2.47 bits per heavy atom. The zero-order valence-electron chi connectivity index (χ0n) is 8.92. The number of aryl methyl sites for hydroxylation is 1. The second-order valence-electron chi connectivity index (χ2n) is 3.74. The quantitative estimate of drug-likeness (QED) is 0.754. The van der Waals surface area contributed by atoms with Gasteiger partial charge in [-0.3, -0.25) is 5.32 Å². The van der Waals surface area contributed by atoms with Gasteiger partial charge in [-0.25, -0.2) is 0 Å². The summed E-state index contributed by atoms with van der Waals surface area (Å²) in [5.74, 6) is 3.55. The lowest BCUT2D eigenvalue weighted by Crippen LogP contribution is -2.19. The minimum absolute atomic E-state index is 0.418. The van der Waals surface area contributed by atoms with Gasteiger partial charge in [0.15, 0.2) is 0 Å². The molecule has 0 saturated heterocycles. The molecule has 0 aliphatic heterocycles. The molecule has 0 fully saturated rings. The minimum Gasteiger partial charge on any atom is -0.497 e. The van der Waals surface area contributed by atoms with Crippen LogP contribution >= 0.6 is 0 Å². The third-order valence-electron chi connectivity index (χ3n) is 2.88. The molecule has 78 valence electrons. The van der Waals surface area contributed by atoms with Crippen LogP contribution in [0.2, 0.25) is 0 Å². The summed E-state index contributed by atoms with van der Waals surface area (Å²) in [5, 5.41) is 3.35. The standard InChI is InChI=1S/C13H15NO/c1-3-8-14-13-7-4-10-9-11(15-2)5-6-12(10)13/h1,5-6,9,13-14H,4,7-8H2,2H3. The summed E-state index contributed by atoms with van der Waals surface area (Å²) in [7, 11) is 1.70. The Morgan fingerprint density at radius 1 is 1.60 bits per heavy atom. The lowest BCUT2D eigenvalue weighted by Gasteiger charge is -2.12. The molecule has 2 rings (SSSR count). The van der Waals surface area contributed by atoms with Gasteiger partial charge < -0.3 is 4.74 Å². The van der Waals surface area contributed by atoms with Crippen LogP contribution in [0.15, 0.2) is 18.2 Å². The molecule has 0 saturated carbocycles. The van der Waals surface area contributed by atoms with Crippen molar-refractivity contribution in [3.63, 3.8) is 0 Å². The highest BCUT2D eigenvalue weighted by atomic mass is 16.5. The van der Waals surface area contributed by atoms with E-state index in [9.17, 15) is 0 Å². The number of terminal acetylenes is 1. The van der Waals surface area contributed by atoms with Crippen LogP contribution in [-0.2, 0) is 6.42 Å². The van der Waals surface area contributed by atoms with Crippen LogP contribution in [0, 0.1) is 12.3 Å². The molecule has 0 radical (unpaired) electrons. The van der Waals surface area contributed by atoms with Crippen LogP contribution in [0.4, 0.5) is 0 Å². The van der Waals surface area contributed by atoms with Gasteiger partial charge >= 0.3 is 0 Å². The van der Waals surface area contributed by atoms with E-state index < -0.39 is 0 Å². The molecular formula is C13H15NO. The molecule has 0 amide bonds. The molecule has 1 aromatic rings. The summed E-state index contributed by atoms with van der Waals surface area (Å²) in [4.78, 5) is 0. The fourth-order valence-corrected chi connectivity index (χ4v) is 2.12. The second-order valence-corrected chi connectivity index (χ2v) is 3.74. The first-order valence-electron chi connectivity index (χ1n) is 5.19. The summed E-state index contributed by atoms with van der Waals surface area (Å²) in [6.45, 7) is 0.635. The monoisotopic (exact) mass is 201 g/mol. The van der Waals surface area contributed by atoms with E-state index in [1.807, 2.05) is 6.07 Å². The van der Waals surface area contributed by atoms with Crippen molar-refractivity contribution in [3.05, 3.63) is 29.3 Å². The first-order valence-corrected chi connectivity index (χ1v) is 5.19. The maximum absolute atomic E-state index is 5.24. The smallest absolute Gasteiger partial charge is 0.119 e. The summed E-state index contributed by atoms with van der Waals surface area (Å²) in [5.41, 5.74) is 2.75. The van der Waals surface area contributed by atoms with Gasteiger partial charge in [0, 0.05) is 6.04 Å². The fraction of sp³-hybridized carbons (Fsp3) is 0.385. The molecule has 1 unspecified atom stereocenters. The Hall–Kier alpha value is -1.46. The molecule has 1 aliphatic carbocycles. The first kappa shape index (κ1) is 10.1. The Morgan fingerprint density at radius 3 is 3.20 bits per heavy atom. The van der Waals surface area contributed by atoms with E-state index in [-0.39, 0.29) is 0 Å². The fourth-order valence-electron chi connectivity index (χ4n) is 2.12. The molecule has 1 atom stereocenters. The number of ether oxygens (including phenoxy) is 1. The van der Waals surface area contributed by atoms with Crippen molar-refractivity contribution in [1.29, 1.82) is 0 Å². The highest BCUT2D eigenvalue weighted by Crippen LogP contribution is 2.33. The van der Waals surface area contributed by atoms with Gasteiger partial charge in [0.1, 0.15) is 5.75 Å². The molecule has 1 aromatic carbocycles. The van der Waals surface area contributed by atoms with Crippen molar-refractivity contribution in [2.24, 2.45) is 0 Å². The number of hydrogen-bond donors (Lipinski definition) is 1. The predicted octanol–water partition coefficient (Wildman–Crippen LogP) is 1.91. The molecule has 1 N–H and O–H groups in total. The normalized spacial score (nSPS) is 18.3. The Kier molecular flexibility index (Phi) is 2.94. The topological polar surface area (TPSA) is 21.3 Å². The Labute approximate surface area is 90.6 Å². The highest BCUT2D eigenvalue weighted by molar-refractivity contribution is 5.40. The van der Waals surface area contributed by atoms with Crippen LogP contribution < -0.4 is 10.1 Å². The molecule has 15 heavy (non-hydrogen) atoms. The zero-order valence-corrected chi connectivity index (χ0v) is 8.92. The number of fused-ring (bicyclic) bond motifs is 1. The summed E-state index contributed by atoms with van der Waals surface area (Å²) in [6, 6.07) is 6.68. The van der Waals surface area contributed by atoms with Crippen LogP contribution in [0.3, 0.4) is 0 Å². The zero-order chi connectivity index (χ0) is 10.7. The van der Waals surface area contributed by atoms with Gasteiger partial charge in [0.2, 0.25) is 0 Å². The summed E-state index contributed by atoms with van der Waals surface area (Å²) in [6.07, 6.45) is 7.47. The van der Waals surface area contributed by atoms with Crippen molar-refractivity contribution in [3.8, 4) is 18.1 Å². The van der Waals surface area contributed by atoms with E-state index in [2.05, 4.69) is 23.4 Å². The van der Waals surface area contributed by atoms with Crippen LogP contribution in [-0.4, -0.2) is 13.7 Å². The molecule has 2 heteroatoms. The first-order chi connectivity index (χ1) is 7.35. The lowest BCUT2D eigenvalue weighted by molar-refractivity contribution is 0.414. The lowest BCUT2D eigenvalue weighted by atomic mass is 10.1. The largest absolute Gasteiger partial charge is 0.497 e. The highest BCUT2D eigenvalue weighted by Gasteiger charge is 2.21. The van der Waals surface area contributed by atoms with Gasteiger partial charge in [-0.2, -0.15) is 0 Å². The Balaban J connectivity index is 2.17. The van der Waals surface area contributed by atoms with E-state index in [1.54, 1.807) is 7.11 Å². The van der Waals surface area contributed by atoms with Crippen LogP contribution in [0.1, 0.15) is 23.6 Å². The van der Waals surface area contributed by atoms with Gasteiger partial charge in [0.05, 0.1) is 13.7 Å². The van der Waals surface area contributed by atoms with Crippen LogP contribution in [0.25, 0.3) is 0 Å². The predicted molar refractivity (Wildman–Crippen MR) is 60.9 cm³/mol. The number of rotatable bonds is 3. The molecule has 0 bridgehead atoms. The number of hydrogen-bond acceptors (Lipinski definition) is 2. The van der Waals surface area contributed by atoms with Gasteiger partial charge in [-0.05, 0) is 36.1 Å². The maximum Gasteiger partial charge on any atom is 0.119 e. The summed E-state index contributed by atoms with van der Waals surface area (Å²) < 4.78 is 5.20. The van der Waals surface area contributed by atoms with Crippen molar-refractivity contribution in [2.75, 3.05) is 13.7 Å². The number of methoxy groups -OCH3 is 1. The molecular weight excluding hydrogens is 186 g/mol. The van der Waals surface area contributed by atoms with E-state index in [0.29, 0.717) is 12.6 Å². The maximum atomic E-state index is 5.24. The van der Waals surface area contributed by atoms with Gasteiger partial charge in [0.25, 0.3) is 0 Å². The molecule has 1 aliphatic rings. The third-order valence-corrected chi connectivity index (χ3v) is 2.88. The Bertz CT molecular complexity index is 392. The number of benzene rings is 1. The minimum atomic E-state index is 0.418. The number of nitrogens with one attached hydrogen (secondary N) is 1. The molecule has 0 spiro atoms. The SMILES string of the molecule is C#CCNC1CCc2cc(OC)ccc21. The average Bonchev–Trinajstić information content (AvgIpc) is 2.68. The van der Waals surface area contributed by atoms with E-state index >= 15 is 0 Å². The third kappa shape index (κ3) is 1.98. The molecule has 0 heterocycles. The molecule has 0 aromatic heterocycles. The van der Waals surface area contributed by atoms with Crippen molar-refractivity contribution >= 4 is 0 Å². The summed E-state index contributed by atoms with van der Waals surface area (Å²) >= 11 is 0. The van der Waals surface area contributed by atoms with E-state index in [0.717, 1.165) is 18.6 Å². The van der Waals surface area contributed by atoms with Crippen molar-refractivity contribution in [2.45, 2.75) is 18.9 Å². The van der Waals surface area contributed by atoms with Crippen molar-refractivity contribution < 1.29 is 4.74 Å². The van der Waals surface area contributed by atoms with Crippen LogP contribution in [0.5, 0.6) is 5.75 Å². The van der Waals surface area contributed by atoms with Gasteiger partial charge in [-0.1, -0.05) is 12.0 Å². The second kappa shape index (κ2) is 4.37. The molecule has 2 nitrogen and oxygen atoms in total. The van der Waals surface area contributed by atoms with E-state index in [1.165, 1.54) is 11.1 Å². The van der Waals surface area contributed by atoms with Crippen molar-refractivity contribution in [1.82, 2.24) is 5.32 Å². The van der Waals surface area contributed by atoms with E-state index in [4.69, 9.17) is 11.2 Å². The van der Waals surface area contributed by atoms with Gasteiger partial charge in [-0.15, -0.1) is 6.42 Å². The average molecular weight is 201 g/mol.